The van der Waals surface area contributed by atoms with Crippen molar-refractivity contribution in [3.8, 4) is 0 Å². The van der Waals surface area contributed by atoms with Crippen LogP contribution in [0.25, 0.3) is 0 Å². The van der Waals surface area contributed by atoms with Crippen LogP contribution in [0.3, 0.4) is 0 Å². The molecule has 0 spiro atoms. The summed E-state index contributed by atoms with van der Waals surface area (Å²) < 4.78 is 0. The zero-order valence-corrected chi connectivity index (χ0v) is 13.4. The number of nitrogens with zero attached hydrogens (tertiary/aromatic N) is 2. The van der Waals surface area contributed by atoms with Crippen molar-refractivity contribution in [2.45, 2.75) is 46.6 Å². The molecule has 0 amide bonds. The Kier molecular flexibility index (Phi) is 6.93. The van der Waals surface area contributed by atoms with Gasteiger partial charge in [-0.3, -0.25) is 0 Å². The molecule has 0 atom stereocenters. The molecule has 0 unspecified atom stereocenters. The Labute approximate surface area is 119 Å². The van der Waals surface area contributed by atoms with E-state index >= 15 is 0 Å². The highest BCUT2D eigenvalue weighted by Gasteiger charge is 2.15. The van der Waals surface area contributed by atoms with Gasteiger partial charge in [0.15, 0.2) is 0 Å². The van der Waals surface area contributed by atoms with Gasteiger partial charge in [-0.15, -0.1) is 0 Å². The van der Waals surface area contributed by atoms with Crippen LogP contribution in [0.15, 0.2) is 18.2 Å². The van der Waals surface area contributed by atoms with Crippen molar-refractivity contribution in [3.05, 3.63) is 29.3 Å². The molecule has 1 aliphatic heterocycles. The Morgan fingerprint density at radius 2 is 1.74 bits per heavy atom. The fourth-order valence-electron chi connectivity index (χ4n) is 2.65. The van der Waals surface area contributed by atoms with E-state index in [1.54, 1.807) is 0 Å². The van der Waals surface area contributed by atoms with Gasteiger partial charge in [0.1, 0.15) is 0 Å². The van der Waals surface area contributed by atoms with Crippen molar-refractivity contribution in [1.29, 1.82) is 0 Å². The normalized spacial score (nSPS) is 14.5. The van der Waals surface area contributed by atoms with Crippen LogP contribution in [-0.4, -0.2) is 32.1 Å². The smallest absolute Gasteiger partial charge is 0.0398 e. The first-order valence-corrected chi connectivity index (χ1v) is 7.72. The van der Waals surface area contributed by atoms with E-state index in [4.69, 9.17) is 0 Å². The van der Waals surface area contributed by atoms with Crippen LogP contribution in [0.2, 0.25) is 0 Å². The summed E-state index contributed by atoms with van der Waals surface area (Å²) in [5.74, 6) is 0. The number of aryl methyl sites for hydroxylation is 1. The van der Waals surface area contributed by atoms with Gasteiger partial charge in [-0.2, -0.15) is 0 Å². The maximum absolute atomic E-state index is 2.54. The molecule has 0 saturated carbocycles. The summed E-state index contributed by atoms with van der Waals surface area (Å²) in [4.78, 5) is 4.77. The molecule has 108 valence electrons. The van der Waals surface area contributed by atoms with Crippen molar-refractivity contribution in [2.24, 2.45) is 0 Å². The number of anilines is 1. The number of hydrogen-bond donors (Lipinski definition) is 0. The Morgan fingerprint density at radius 3 is 2.26 bits per heavy atom. The molecule has 1 heterocycles. The average Bonchev–Trinajstić information content (AvgIpc) is 2.94. The molecule has 0 radical (unpaired) electrons. The van der Waals surface area contributed by atoms with Crippen LogP contribution in [0.1, 0.15) is 44.7 Å². The van der Waals surface area contributed by atoms with Crippen LogP contribution >= 0.6 is 0 Å². The molecular formula is C17H30N2. The van der Waals surface area contributed by atoms with Gasteiger partial charge in [-0.05, 0) is 50.6 Å². The third-order valence-electron chi connectivity index (χ3n) is 3.47. The molecule has 1 fully saturated rings. The average molecular weight is 262 g/mol. The standard InChI is InChI=1S/C15H24N2.C2H6/c1-4-14-11-13(12-16(2)3)7-8-15(14)17-9-5-6-10-17;1-2/h7-8,11H,4-6,9-10,12H2,1-3H3;1-2H3. The summed E-state index contributed by atoms with van der Waals surface area (Å²) in [5.41, 5.74) is 4.40. The van der Waals surface area contributed by atoms with Crippen molar-refractivity contribution in [2.75, 3.05) is 32.1 Å². The minimum atomic E-state index is 1.03. The second-order valence-electron chi connectivity index (χ2n) is 5.25. The van der Waals surface area contributed by atoms with E-state index in [0.29, 0.717) is 0 Å². The van der Waals surface area contributed by atoms with E-state index in [9.17, 15) is 0 Å². The highest BCUT2D eigenvalue weighted by Crippen LogP contribution is 2.26. The highest BCUT2D eigenvalue weighted by molar-refractivity contribution is 5.55. The quantitative estimate of drug-likeness (QED) is 0.811. The van der Waals surface area contributed by atoms with Gasteiger partial charge < -0.3 is 9.80 Å². The lowest BCUT2D eigenvalue weighted by Crippen LogP contribution is -2.19. The van der Waals surface area contributed by atoms with Crippen LogP contribution in [-0.2, 0) is 13.0 Å². The third-order valence-corrected chi connectivity index (χ3v) is 3.47. The van der Waals surface area contributed by atoms with E-state index in [-0.39, 0.29) is 0 Å². The Balaban J connectivity index is 0.000000861. The van der Waals surface area contributed by atoms with Crippen LogP contribution in [0, 0.1) is 0 Å². The molecule has 1 aromatic rings. The zero-order chi connectivity index (χ0) is 14.3. The van der Waals surface area contributed by atoms with E-state index in [1.165, 1.54) is 42.7 Å². The summed E-state index contributed by atoms with van der Waals surface area (Å²) >= 11 is 0. The van der Waals surface area contributed by atoms with Gasteiger partial charge in [0.2, 0.25) is 0 Å². The molecule has 2 nitrogen and oxygen atoms in total. The van der Waals surface area contributed by atoms with Crippen LogP contribution in [0.5, 0.6) is 0 Å². The Morgan fingerprint density at radius 1 is 1.11 bits per heavy atom. The van der Waals surface area contributed by atoms with Crippen LogP contribution in [0.4, 0.5) is 5.69 Å². The van der Waals surface area contributed by atoms with E-state index < -0.39 is 0 Å². The number of benzene rings is 1. The van der Waals surface area contributed by atoms with Crippen molar-refractivity contribution >= 4 is 5.69 Å². The lowest BCUT2D eigenvalue weighted by molar-refractivity contribution is 0.402. The Bertz CT molecular complexity index is 366. The van der Waals surface area contributed by atoms with E-state index in [0.717, 1.165) is 13.0 Å². The molecule has 1 aliphatic rings. The second-order valence-corrected chi connectivity index (χ2v) is 5.25. The topological polar surface area (TPSA) is 6.48 Å². The number of rotatable bonds is 4. The first-order valence-electron chi connectivity index (χ1n) is 7.72. The maximum atomic E-state index is 2.54. The summed E-state index contributed by atoms with van der Waals surface area (Å²) in [5, 5.41) is 0. The van der Waals surface area contributed by atoms with Crippen LogP contribution < -0.4 is 4.90 Å². The molecular weight excluding hydrogens is 232 g/mol. The maximum Gasteiger partial charge on any atom is 0.0398 e. The molecule has 0 aliphatic carbocycles. The van der Waals surface area contributed by atoms with Gasteiger partial charge in [-0.25, -0.2) is 0 Å². The predicted octanol–water partition coefficient (Wildman–Crippen LogP) is 3.94. The van der Waals surface area contributed by atoms with Crippen molar-refractivity contribution in [1.82, 2.24) is 4.90 Å². The summed E-state index contributed by atoms with van der Waals surface area (Å²) in [6.07, 6.45) is 3.83. The van der Waals surface area contributed by atoms with Crippen molar-refractivity contribution < 1.29 is 0 Å². The molecule has 1 aromatic carbocycles. The zero-order valence-electron chi connectivity index (χ0n) is 13.4. The first kappa shape index (κ1) is 16.0. The van der Waals surface area contributed by atoms with Crippen molar-refractivity contribution in [3.63, 3.8) is 0 Å². The summed E-state index contributed by atoms with van der Waals surface area (Å²) in [7, 11) is 4.25. The lowest BCUT2D eigenvalue weighted by atomic mass is 10.1. The SMILES string of the molecule is CC.CCc1cc(CN(C)C)ccc1N1CCCC1. The fourth-order valence-corrected chi connectivity index (χ4v) is 2.65. The fraction of sp³-hybridized carbons (Fsp3) is 0.647. The summed E-state index contributed by atoms with van der Waals surface area (Å²) in [6, 6.07) is 6.99. The number of hydrogen-bond acceptors (Lipinski definition) is 2. The van der Waals surface area contributed by atoms with Gasteiger partial charge in [0.05, 0.1) is 0 Å². The van der Waals surface area contributed by atoms with Gasteiger partial charge >= 0.3 is 0 Å². The molecule has 19 heavy (non-hydrogen) atoms. The van der Waals surface area contributed by atoms with Gasteiger partial charge in [0.25, 0.3) is 0 Å². The van der Waals surface area contributed by atoms with E-state index in [2.05, 4.69) is 49.0 Å². The van der Waals surface area contributed by atoms with E-state index in [1.807, 2.05) is 13.8 Å². The molecule has 0 aromatic heterocycles. The summed E-state index contributed by atoms with van der Waals surface area (Å²) in [6.45, 7) is 9.77. The minimum absolute atomic E-state index is 1.03. The molecule has 1 saturated heterocycles. The molecule has 0 N–H and O–H groups in total. The highest BCUT2D eigenvalue weighted by atomic mass is 15.1. The predicted molar refractivity (Wildman–Crippen MR) is 86.0 cm³/mol. The lowest BCUT2D eigenvalue weighted by Gasteiger charge is -2.22. The second kappa shape index (κ2) is 8.21. The monoisotopic (exact) mass is 262 g/mol. The first-order chi connectivity index (χ1) is 9.20. The molecule has 2 heteroatoms. The molecule has 2 rings (SSSR count). The minimum Gasteiger partial charge on any atom is -0.371 e. The third kappa shape index (κ3) is 4.54. The largest absolute Gasteiger partial charge is 0.371 e. The Hall–Kier alpha value is -1.02. The van der Waals surface area contributed by atoms with Gasteiger partial charge in [0, 0.05) is 25.3 Å². The van der Waals surface area contributed by atoms with Gasteiger partial charge in [-0.1, -0.05) is 32.9 Å². The molecule has 0 bridgehead atoms.